The van der Waals surface area contributed by atoms with Crippen LogP contribution < -0.4 is 11.2 Å². The zero-order valence-corrected chi connectivity index (χ0v) is 14.9. The Hall–Kier alpha value is -2.09. The van der Waals surface area contributed by atoms with Crippen LogP contribution in [0.5, 0.6) is 0 Å². The molecule has 1 fully saturated rings. The van der Waals surface area contributed by atoms with Crippen LogP contribution in [0.1, 0.15) is 39.0 Å². The van der Waals surface area contributed by atoms with E-state index >= 15 is 0 Å². The van der Waals surface area contributed by atoms with Gasteiger partial charge in [-0.05, 0) is 31.9 Å². The van der Waals surface area contributed by atoms with E-state index in [2.05, 4.69) is 15.5 Å². The Morgan fingerprint density at radius 2 is 2.12 bits per heavy atom. The van der Waals surface area contributed by atoms with Gasteiger partial charge in [0.05, 0.1) is 5.25 Å². The summed E-state index contributed by atoms with van der Waals surface area (Å²) in [5, 5.41) is 11.2. The number of carbonyl (C=O) groups excluding carboxylic acids is 1. The summed E-state index contributed by atoms with van der Waals surface area (Å²) in [7, 11) is 0. The molecule has 3 N–H and O–H groups in total. The van der Waals surface area contributed by atoms with Crippen LogP contribution in [0.15, 0.2) is 29.4 Å². The van der Waals surface area contributed by atoms with Gasteiger partial charge < -0.3 is 11.2 Å². The molecule has 134 valence electrons. The van der Waals surface area contributed by atoms with Crippen molar-refractivity contribution in [1.82, 2.24) is 20.2 Å². The van der Waals surface area contributed by atoms with Crippen LogP contribution in [0.4, 0.5) is 4.39 Å². The van der Waals surface area contributed by atoms with Crippen LogP contribution in [0.3, 0.4) is 0 Å². The number of carbonyl (C=O) groups is 1. The fourth-order valence-electron chi connectivity index (χ4n) is 2.96. The van der Waals surface area contributed by atoms with E-state index in [1.54, 1.807) is 12.1 Å². The first-order valence-electron chi connectivity index (χ1n) is 8.48. The van der Waals surface area contributed by atoms with E-state index in [0.29, 0.717) is 16.5 Å². The van der Waals surface area contributed by atoms with Crippen LogP contribution >= 0.6 is 11.8 Å². The summed E-state index contributed by atoms with van der Waals surface area (Å²) in [5.74, 6) is 6.01. The van der Waals surface area contributed by atoms with Crippen molar-refractivity contribution >= 4 is 17.7 Å². The first-order chi connectivity index (χ1) is 12.0. The summed E-state index contributed by atoms with van der Waals surface area (Å²) in [6, 6.07) is 6.27. The molecule has 0 aliphatic heterocycles. The van der Waals surface area contributed by atoms with Gasteiger partial charge in [0.25, 0.3) is 0 Å². The lowest BCUT2D eigenvalue weighted by Gasteiger charge is -2.24. The molecule has 1 amide bonds. The molecule has 1 aromatic heterocycles. The summed E-state index contributed by atoms with van der Waals surface area (Å²) in [5.41, 5.74) is 0.543. The van der Waals surface area contributed by atoms with Crippen LogP contribution in [0.2, 0.25) is 0 Å². The highest BCUT2D eigenvalue weighted by atomic mass is 32.2. The molecule has 1 unspecified atom stereocenters. The number of hydrogen-bond donors (Lipinski definition) is 2. The van der Waals surface area contributed by atoms with E-state index in [9.17, 15) is 9.18 Å². The van der Waals surface area contributed by atoms with E-state index in [4.69, 9.17) is 5.84 Å². The molecule has 1 aliphatic rings. The van der Waals surface area contributed by atoms with E-state index in [0.717, 1.165) is 12.8 Å². The maximum absolute atomic E-state index is 13.4. The number of thioether (sulfide) groups is 1. The molecule has 0 bridgehead atoms. The third-order valence-electron chi connectivity index (χ3n) is 4.35. The standard InChI is InChI=1S/C17H22FN5OS/c1-11(16(24)20-14-8-3-2-4-9-14)25-17-22-21-15(23(17)19)12-6-5-7-13(18)10-12/h5-7,10-11,14H,2-4,8-9,19H2,1H3,(H,20,24). The second-order valence-corrected chi connectivity index (χ2v) is 7.60. The van der Waals surface area contributed by atoms with Crippen LogP contribution in [0.25, 0.3) is 11.4 Å². The first-order valence-corrected chi connectivity index (χ1v) is 9.36. The smallest absolute Gasteiger partial charge is 0.233 e. The lowest BCUT2D eigenvalue weighted by Crippen LogP contribution is -2.40. The van der Waals surface area contributed by atoms with Gasteiger partial charge >= 0.3 is 0 Å². The van der Waals surface area contributed by atoms with Crippen molar-refractivity contribution in [2.24, 2.45) is 0 Å². The van der Waals surface area contributed by atoms with Crippen molar-refractivity contribution in [3.63, 3.8) is 0 Å². The predicted octanol–water partition coefficient (Wildman–Crippen LogP) is 2.73. The third kappa shape index (κ3) is 4.31. The average Bonchev–Trinajstić information content (AvgIpc) is 2.96. The minimum Gasteiger partial charge on any atom is -0.352 e. The van der Waals surface area contributed by atoms with Gasteiger partial charge in [0.2, 0.25) is 11.1 Å². The van der Waals surface area contributed by atoms with Crippen LogP contribution in [-0.2, 0) is 4.79 Å². The highest BCUT2D eigenvalue weighted by molar-refractivity contribution is 8.00. The topological polar surface area (TPSA) is 85.8 Å². The van der Waals surface area contributed by atoms with Crippen molar-refractivity contribution in [2.75, 3.05) is 5.84 Å². The number of nitrogens with one attached hydrogen (secondary N) is 1. The molecular formula is C17H22FN5OS. The van der Waals surface area contributed by atoms with Gasteiger partial charge in [-0.3, -0.25) is 4.79 Å². The fraction of sp³-hybridized carbons (Fsp3) is 0.471. The number of benzene rings is 1. The minimum atomic E-state index is -0.366. The van der Waals surface area contributed by atoms with Crippen molar-refractivity contribution in [3.8, 4) is 11.4 Å². The molecule has 25 heavy (non-hydrogen) atoms. The lowest BCUT2D eigenvalue weighted by molar-refractivity contribution is -0.121. The molecule has 0 spiro atoms. The number of halogens is 1. The molecule has 1 aromatic carbocycles. The average molecular weight is 363 g/mol. The summed E-state index contributed by atoms with van der Waals surface area (Å²) in [6.45, 7) is 1.82. The Morgan fingerprint density at radius 3 is 2.84 bits per heavy atom. The van der Waals surface area contributed by atoms with E-state index in [1.165, 1.54) is 47.8 Å². The normalized spacial score (nSPS) is 16.6. The molecule has 1 atom stereocenters. The largest absolute Gasteiger partial charge is 0.352 e. The highest BCUT2D eigenvalue weighted by Gasteiger charge is 2.23. The predicted molar refractivity (Wildman–Crippen MR) is 95.9 cm³/mol. The number of rotatable bonds is 5. The summed E-state index contributed by atoms with van der Waals surface area (Å²) < 4.78 is 14.7. The van der Waals surface area contributed by atoms with Crippen molar-refractivity contribution in [2.45, 2.75) is 55.5 Å². The van der Waals surface area contributed by atoms with Gasteiger partial charge in [0, 0.05) is 11.6 Å². The Bertz CT molecular complexity index is 744. The molecule has 1 saturated carbocycles. The molecule has 2 aromatic rings. The zero-order chi connectivity index (χ0) is 17.8. The maximum Gasteiger partial charge on any atom is 0.233 e. The van der Waals surface area contributed by atoms with Crippen LogP contribution in [-0.4, -0.2) is 32.1 Å². The second kappa shape index (κ2) is 7.86. The number of nitrogens with zero attached hydrogens (tertiary/aromatic N) is 3. The van der Waals surface area contributed by atoms with E-state index in [1.807, 2.05) is 6.92 Å². The molecule has 0 radical (unpaired) electrons. The van der Waals surface area contributed by atoms with Gasteiger partial charge in [0.1, 0.15) is 5.82 Å². The Morgan fingerprint density at radius 1 is 1.36 bits per heavy atom. The summed E-state index contributed by atoms with van der Waals surface area (Å²) >= 11 is 1.25. The monoisotopic (exact) mass is 363 g/mol. The molecule has 3 rings (SSSR count). The van der Waals surface area contributed by atoms with E-state index in [-0.39, 0.29) is 23.0 Å². The van der Waals surface area contributed by atoms with Crippen molar-refractivity contribution in [3.05, 3.63) is 30.1 Å². The molecule has 1 aliphatic carbocycles. The van der Waals surface area contributed by atoms with Gasteiger partial charge in [0.15, 0.2) is 5.82 Å². The van der Waals surface area contributed by atoms with Gasteiger partial charge in [-0.25, -0.2) is 9.07 Å². The fourth-order valence-corrected chi connectivity index (χ4v) is 3.74. The third-order valence-corrected chi connectivity index (χ3v) is 5.41. The van der Waals surface area contributed by atoms with Crippen LogP contribution in [0, 0.1) is 5.82 Å². The minimum absolute atomic E-state index is 0.0211. The van der Waals surface area contributed by atoms with Gasteiger partial charge in [-0.2, -0.15) is 0 Å². The van der Waals surface area contributed by atoms with E-state index < -0.39 is 0 Å². The number of hydrogen-bond acceptors (Lipinski definition) is 5. The Balaban J connectivity index is 1.65. The number of nitrogen functional groups attached to an aromatic ring is 1. The maximum atomic E-state index is 13.4. The quantitative estimate of drug-likeness (QED) is 0.630. The summed E-state index contributed by atoms with van der Waals surface area (Å²) in [6.07, 6.45) is 5.66. The molecule has 1 heterocycles. The first kappa shape index (κ1) is 17.7. The number of aromatic nitrogens is 3. The molecule has 6 nitrogen and oxygen atoms in total. The SMILES string of the molecule is CC(Sc1nnc(-c2cccc(F)c2)n1N)C(=O)NC1CCCCC1. The van der Waals surface area contributed by atoms with Gasteiger partial charge in [-0.15, -0.1) is 10.2 Å². The Kier molecular flexibility index (Phi) is 5.57. The second-order valence-electron chi connectivity index (χ2n) is 6.29. The molecule has 8 heteroatoms. The highest BCUT2D eigenvalue weighted by Crippen LogP contribution is 2.25. The number of amides is 1. The lowest BCUT2D eigenvalue weighted by atomic mass is 9.95. The van der Waals surface area contributed by atoms with Gasteiger partial charge in [-0.1, -0.05) is 43.2 Å². The van der Waals surface area contributed by atoms with Crippen molar-refractivity contribution in [1.29, 1.82) is 0 Å². The number of nitrogens with two attached hydrogens (primary N) is 1. The Labute approximate surface area is 150 Å². The van der Waals surface area contributed by atoms with Crippen molar-refractivity contribution < 1.29 is 9.18 Å². The summed E-state index contributed by atoms with van der Waals surface area (Å²) in [4.78, 5) is 12.4. The zero-order valence-electron chi connectivity index (χ0n) is 14.1. The molecular weight excluding hydrogens is 341 g/mol. The molecule has 0 saturated heterocycles.